The van der Waals surface area contributed by atoms with Crippen LogP contribution in [0.15, 0.2) is 48.5 Å². The lowest BCUT2D eigenvalue weighted by Gasteiger charge is -2.38. The standard InChI is InChI=1S/C22H29N3O2/c1-18-8-5-12-20(24-18)16-23-17-22(27)13-7-15-25(21(22)26)14-6-11-19-9-3-2-4-10-19/h2-5,8-10,12,23,27H,6-7,11,13-17H2,1H3/t22-/m0/s1. The molecule has 1 fully saturated rings. The normalized spacial score (nSPS) is 20.1. The van der Waals surface area contributed by atoms with Crippen molar-refractivity contribution in [3.05, 3.63) is 65.5 Å². The Morgan fingerprint density at radius 1 is 1.19 bits per heavy atom. The first-order valence-corrected chi connectivity index (χ1v) is 9.76. The Hall–Kier alpha value is -2.24. The number of likely N-dealkylation sites (tertiary alicyclic amines) is 1. The van der Waals surface area contributed by atoms with Gasteiger partial charge >= 0.3 is 0 Å². The van der Waals surface area contributed by atoms with Crippen molar-refractivity contribution in [2.45, 2.75) is 44.8 Å². The number of aryl methyl sites for hydroxylation is 2. The van der Waals surface area contributed by atoms with Crippen LogP contribution >= 0.6 is 0 Å². The molecule has 3 rings (SSSR count). The van der Waals surface area contributed by atoms with Crippen LogP contribution < -0.4 is 5.32 Å². The van der Waals surface area contributed by atoms with Gasteiger partial charge in [-0.25, -0.2) is 0 Å². The fourth-order valence-corrected chi connectivity index (χ4v) is 3.66. The molecule has 0 spiro atoms. The number of hydrogen-bond donors (Lipinski definition) is 2. The van der Waals surface area contributed by atoms with Crippen molar-refractivity contribution in [1.82, 2.24) is 15.2 Å². The third-order valence-electron chi connectivity index (χ3n) is 5.11. The second-order valence-electron chi connectivity index (χ2n) is 7.39. The van der Waals surface area contributed by atoms with Gasteiger partial charge in [0.05, 0.1) is 5.69 Å². The van der Waals surface area contributed by atoms with E-state index >= 15 is 0 Å². The van der Waals surface area contributed by atoms with Gasteiger partial charge in [0.15, 0.2) is 5.60 Å². The van der Waals surface area contributed by atoms with Crippen molar-refractivity contribution in [3.63, 3.8) is 0 Å². The molecule has 1 aliphatic rings. The zero-order valence-electron chi connectivity index (χ0n) is 16.0. The molecule has 0 saturated carbocycles. The zero-order valence-corrected chi connectivity index (χ0v) is 16.0. The Labute approximate surface area is 161 Å². The maximum absolute atomic E-state index is 12.8. The largest absolute Gasteiger partial charge is 0.379 e. The zero-order chi connectivity index (χ0) is 19.1. The van der Waals surface area contributed by atoms with E-state index in [-0.39, 0.29) is 12.5 Å². The summed E-state index contributed by atoms with van der Waals surface area (Å²) in [6, 6.07) is 16.2. The SMILES string of the molecule is Cc1cccc(CNC[C@@]2(O)CCCN(CCCc3ccccc3)C2=O)n1. The van der Waals surface area contributed by atoms with E-state index in [1.54, 1.807) is 0 Å². The van der Waals surface area contributed by atoms with Crippen LogP contribution in [0.2, 0.25) is 0 Å². The fourth-order valence-electron chi connectivity index (χ4n) is 3.66. The monoisotopic (exact) mass is 367 g/mol. The summed E-state index contributed by atoms with van der Waals surface area (Å²) in [5.74, 6) is -0.147. The van der Waals surface area contributed by atoms with Crippen molar-refractivity contribution in [1.29, 1.82) is 0 Å². The molecule has 1 amide bonds. The maximum atomic E-state index is 12.8. The first kappa shape index (κ1) is 19.5. The minimum Gasteiger partial charge on any atom is -0.379 e. The molecule has 1 aromatic carbocycles. The van der Waals surface area contributed by atoms with Gasteiger partial charge in [0.2, 0.25) is 0 Å². The number of carbonyl (C=O) groups excluding carboxylic acids is 1. The predicted molar refractivity (Wildman–Crippen MR) is 106 cm³/mol. The van der Waals surface area contributed by atoms with Crippen LogP contribution in [0.5, 0.6) is 0 Å². The Morgan fingerprint density at radius 2 is 2.00 bits per heavy atom. The summed E-state index contributed by atoms with van der Waals surface area (Å²) in [6.45, 7) is 4.18. The number of carbonyl (C=O) groups is 1. The Morgan fingerprint density at radius 3 is 2.78 bits per heavy atom. The van der Waals surface area contributed by atoms with Crippen LogP contribution in [-0.4, -0.2) is 46.1 Å². The molecule has 1 atom stereocenters. The smallest absolute Gasteiger partial charge is 0.255 e. The van der Waals surface area contributed by atoms with Crippen molar-refractivity contribution >= 4 is 5.91 Å². The molecule has 0 aliphatic carbocycles. The topological polar surface area (TPSA) is 65.5 Å². The molecule has 2 aromatic rings. The predicted octanol–water partition coefficient (Wildman–Crippen LogP) is 2.47. The second-order valence-corrected chi connectivity index (χ2v) is 7.39. The number of nitrogens with zero attached hydrogens (tertiary/aromatic N) is 2. The van der Waals surface area contributed by atoms with Gasteiger partial charge in [-0.15, -0.1) is 0 Å². The fraction of sp³-hybridized carbons (Fsp3) is 0.455. The van der Waals surface area contributed by atoms with Gasteiger partial charge in [-0.2, -0.15) is 0 Å². The molecule has 144 valence electrons. The molecule has 5 nitrogen and oxygen atoms in total. The highest BCUT2D eigenvalue weighted by atomic mass is 16.3. The second kappa shape index (κ2) is 9.11. The van der Waals surface area contributed by atoms with Gasteiger partial charge in [-0.05, 0) is 50.3 Å². The van der Waals surface area contributed by atoms with Gasteiger partial charge < -0.3 is 15.3 Å². The number of piperidine rings is 1. The van der Waals surface area contributed by atoms with Gasteiger partial charge in [-0.3, -0.25) is 9.78 Å². The molecule has 2 heterocycles. The lowest BCUT2D eigenvalue weighted by Crippen LogP contribution is -2.58. The van der Waals surface area contributed by atoms with E-state index in [0.29, 0.717) is 19.5 Å². The summed E-state index contributed by atoms with van der Waals surface area (Å²) in [4.78, 5) is 19.1. The molecule has 1 saturated heterocycles. The first-order chi connectivity index (χ1) is 13.1. The van der Waals surface area contributed by atoms with Gasteiger partial charge in [0.25, 0.3) is 5.91 Å². The third-order valence-corrected chi connectivity index (χ3v) is 5.11. The number of pyridine rings is 1. The number of nitrogens with one attached hydrogen (secondary N) is 1. The number of aliphatic hydroxyl groups is 1. The number of benzene rings is 1. The van der Waals surface area contributed by atoms with Crippen LogP contribution in [0.3, 0.4) is 0 Å². The lowest BCUT2D eigenvalue weighted by molar-refractivity contribution is -0.156. The summed E-state index contributed by atoms with van der Waals surface area (Å²) in [6.07, 6.45) is 3.19. The van der Waals surface area contributed by atoms with E-state index in [1.165, 1.54) is 5.56 Å². The van der Waals surface area contributed by atoms with Crippen LogP contribution in [0.25, 0.3) is 0 Å². The minimum absolute atomic E-state index is 0.147. The van der Waals surface area contributed by atoms with Crippen LogP contribution in [-0.2, 0) is 17.8 Å². The molecular weight excluding hydrogens is 338 g/mol. The van der Waals surface area contributed by atoms with Crippen LogP contribution in [0.1, 0.15) is 36.2 Å². The number of aromatic nitrogens is 1. The van der Waals surface area contributed by atoms with E-state index in [1.807, 2.05) is 48.2 Å². The average Bonchev–Trinajstić information content (AvgIpc) is 2.66. The molecule has 5 heteroatoms. The van der Waals surface area contributed by atoms with E-state index in [2.05, 4.69) is 22.4 Å². The van der Waals surface area contributed by atoms with Crippen molar-refractivity contribution in [2.75, 3.05) is 19.6 Å². The highest BCUT2D eigenvalue weighted by molar-refractivity contribution is 5.86. The van der Waals surface area contributed by atoms with Gasteiger partial charge in [0, 0.05) is 31.9 Å². The van der Waals surface area contributed by atoms with Gasteiger partial charge in [0.1, 0.15) is 0 Å². The van der Waals surface area contributed by atoms with Crippen molar-refractivity contribution in [2.24, 2.45) is 0 Å². The quantitative estimate of drug-likeness (QED) is 0.752. The van der Waals surface area contributed by atoms with E-state index < -0.39 is 5.60 Å². The lowest BCUT2D eigenvalue weighted by atomic mass is 9.91. The van der Waals surface area contributed by atoms with Crippen LogP contribution in [0, 0.1) is 6.92 Å². The molecule has 1 aliphatic heterocycles. The van der Waals surface area contributed by atoms with E-state index in [4.69, 9.17) is 0 Å². The molecule has 1 aromatic heterocycles. The molecule has 2 N–H and O–H groups in total. The Balaban J connectivity index is 1.48. The number of amides is 1. The van der Waals surface area contributed by atoms with Crippen molar-refractivity contribution in [3.8, 4) is 0 Å². The van der Waals surface area contributed by atoms with Crippen LogP contribution in [0.4, 0.5) is 0 Å². The molecule has 27 heavy (non-hydrogen) atoms. The van der Waals surface area contributed by atoms with E-state index in [0.717, 1.165) is 37.2 Å². The van der Waals surface area contributed by atoms with Gasteiger partial charge in [-0.1, -0.05) is 36.4 Å². The molecule has 0 bridgehead atoms. The molecule has 0 unspecified atom stereocenters. The average molecular weight is 367 g/mol. The minimum atomic E-state index is -1.31. The summed E-state index contributed by atoms with van der Waals surface area (Å²) < 4.78 is 0. The summed E-state index contributed by atoms with van der Waals surface area (Å²) in [5, 5.41) is 14.1. The maximum Gasteiger partial charge on any atom is 0.255 e. The first-order valence-electron chi connectivity index (χ1n) is 9.76. The molecule has 0 radical (unpaired) electrons. The van der Waals surface area contributed by atoms with Crippen molar-refractivity contribution < 1.29 is 9.90 Å². The Bertz CT molecular complexity index is 750. The Kier molecular flexibility index (Phi) is 6.58. The summed E-state index contributed by atoms with van der Waals surface area (Å²) in [7, 11) is 0. The number of rotatable bonds is 8. The summed E-state index contributed by atoms with van der Waals surface area (Å²) >= 11 is 0. The highest BCUT2D eigenvalue weighted by Gasteiger charge is 2.41. The highest BCUT2D eigenvalue weighted by Crippen LogP contribution is 2.22. The summed E-state index contributed by atoms with van der Waals surface area (Å²) in [5.41, 5.74) is 1.85. The third kappa shape index (κ3) is 5.37. The molecular formula is C22H29N3O2. The number of hydrogen-bond acceptors (Lipinski definition) is 4. The van der Waals surface area contributed by atoms with E-state index in [9.17, 15) is 9.90 Å².